The smallest absolute Gasteiger partial charge is 0.0831 e. The molecule has 2 heterocycles. The summed E-state index contributed by atoms with van der Waals surface area (Å²) >= 11 is 0. The zero-order chi connectivity index (χ0) is 10.7. The topological polar surface area (TPSA) is 44.7 Å². The molecule has 2 N–H and O–H groups in total. The van der Waals surface area contributed by atoms with Crippen molar-refractivity contribution >= 4 is 0 Å². The van der Waals surface area contributed by atoms with Crippen LogP contribution >= 0.6 is 0 Å². The van der Waals surface area contributed by atoms with Gasteiger partial charge in [0.2, 0.25) is 0 Å². The highest BCUT2D eigenvalue weighted by atomic mass is 16.5. The highest BCUT2D eigenvalue weighted by molar-refractivity contribution is 4.89. The van der Waals surface area contributed by atoms with Crippen LogP contribution in [-0.4, -0.2) is 61.0 Å². The molecule has 0 saturated carbocycles. The van der Waals surface area contributed by atoms with Crippen LogP contribution in [0.1, 0.15) is 19.8 Å². The molecule has 4 heteroatoms. The van der Waals surface area contributed by atoms with E-state index in [4.69, 9.17) is 4.74 Å². The lowest BCUT2D eigenvalue weighted by Gasteiger charge is -2.31. The Morgan fingerprint density at radius 1 is 1.47 bits per heavy atom. The van der Waals surface area contributed by atoms with Crippen molar-refractivity contribution in [2.24, 2.45) is 0 Å². The number of nitrogens with one attached hydrogen (secondary N) is 1. The molecule has 3 atom stereocenters. The minimum Gasteiger partial charge on any atom is -0.390 e. The third kappa shape index (κ3) is 2.69. The number of aliphatic hydroxyl groups is 1. The normalized spacial score (nSPS) is 36.6. The summed E-state index contributed by atoms with van der Waals surface area (Å²) in [5.41, 5.74) is 0. The second-order valence-corrected chi connectivity index (χ2v) is 4.52. The molecule has 0 spiro atoms. The van der Waals surface area contributed by atoms with Crippen molar-refractivity contribution in [2.45, 2.75) is 38.0 Å². The van der Waals surface area contributed by atoms with E-state index in [1.165, 1.54) is 12.8 Å². The Hall–Kier alpha value is -0.160. The fourth-order valence-electron chi connectivity index (χ4n) is 2.57. The van der Waals surface area contributed by atoms with Crippen molar-refractivity contribution in [2.75, 3.05) is 32.8 Å². The van der Waals surface area contributed by atoms with Gasteiger partial charge in [-0.25, -0.2) is 0 Å². The van der Waals surface area contributed by atoms with Gasteiger partial charge in [-0.1, -0.05) is 6.92 Å². The number of ether oxygens (including phenoxy) is 1. The molecule has 0 radical (unpaired) electrons. The van der Waals surface area contributed by atoms with E-state index in [-0.39, 0.29) is 12.1 Å². The van der Waals surface area contributed by atoms with Crippen LogP contribution in [0.15, 0.2) is 0 Å². The van der Waals surface area contributed by atoms with Crippen molar-refractivity contribution in [1.29, 1.82) is 0 Å². The van der Waals surface area contributed by atoms with Crippen molar-refractivity contribution in [3.63, 3.8) is 0 Å². The lowest BCUT2D eigenvalue weighted by molar-refractivity contribution is 0.0323. The molecule has 0 amide bonds. The maximum absolute atomic E-state index is 9.82. The molecule has 88 valence electrons. The summed E-state index contributed by atoms with van der Waals surface area (Å²) in [6, 6.07) is 0.277. The van der Waals surface area contributed by atoms with Gasteiger partial charge in [-0.05, 0) is 19.4 Å². The number of nitrogens with zero attached hydrogens (tertiary/aromatic N) is 1. The van der Waals surface area contributed by atoms with Gasteiger partial charge in [-0.15, -0.1) is 0 Å². The lowest BCUT2D eigenvalue weighted by Crippen LogP contribution is -2.46. The Kier molecular flexibility index (Phi) is 3.97. The Morgan fingerprint density at radius 2 is 2.33 bits per heavy atom. The highest BCUT2D eigenvalue weighted by Crippen LogP contribution is 2.16. The van der Waals surface area contributed by atoms with Gasteiger partial charge in [0, 0.05) is 32.3 Å². The van der Waals surface area contributed by atoms with Gasteiger partial charge in [-0.3, -0.25) is 4.90 Å². The molecular formula is C11H22N2O2. The van der Waals surface area contributed by atoms with Gasteiger partial charge in [-0.2, -0.15) is 0 Å². The summed E-state index contributed by atoms with van der Waals surface area (Å²) < 4.78 is 5.64. The van der Waals surface area contributed by atoms with E-state index in [9.17, 15) is 5.11 Å². The molecule has 0 aromatic carbocycles. The minimum absolute atomic E-state index is 0.216. The van der Waals surface area contributed by atoms with Gasteiger partial charge < -0.3 is 15.2 Å². The van der Waals surface area contributed by atoms with Gasteiger partial charge in [0.1, 0.15) is 0 Å². The van der Waals surface area contributed by atoms with E-state index >= 15 is 0 Å². The first kappa shape index (κ1) is 11.3. The number of likely N-dealkylation sites (N-methyl/N-ethyl adjacent to an activating group) is 1. The van der Waals surface area contributed by atoms with Gasteiger partial charge in [0.15, 0.2) is 0 Å². The van der Waals surface area contributed by atoms with E-state index in [0.29, 0.717) is 6.10 Å². The largest absolute Gasteiger partial charge is 0.390 e. The summed E-state index contributed by atoms with van der Waals surface area (Å²) in [5.74, 6) is 0. The first-order chi connectivity index (χ1) is 7.31. The van der Waals surface area contributed by atoms with Crippen LogP contribution in [0.25, 0.3) is 0 Å². The Labute approximate surface area is 91.6 Å². The highest BCUT2D eigenvalue weighted by Gasteiger charge is 2.31. The number of rotatable bonds is 4. The average molecular weight is 214 g/mol. The fourth-order valence-corrected chi connectivity index (χ4v) is 2.57. The molecule has 0 aromatic heterocycles. The maximum Gasteiger partial charge on any atom is 0.0831 e. The van der Waals surface area contributed by atoms with Crippen LogP contribution in [0.4, 0.5) is 0 Å². The molecular weight excluding hydrogens is 192 g/mol. The van der Waals surface area contributed by atoms with Crippen LogP contribution in [0.2, 0.25) is 0 Å². The SMILES string of the molecule is CCN(CC1CCCO1)C1CNCC1O. The molecule has 0 aromatic rings. The second kappa shape index (κ2) is 5.25. The van der Waals surface area contributed by atoms with E-state index < -0.39 is 0 Å². The standard InChI is InChI=1S/C11H22N2O2/c1-2-13(8-9-4-3-5-15-9)10-6-12-7-11(10)14/h9-12,14H,2-8H2,1H3. The van der Waals surface area contributed by atoms with E-state index in [1.807, 2.05) is 0 Å². The monoisotopic (exact) mass is 214 g/mol. The average Bonchev–Trinajstić information content (AvgIpc) is 2.85. The van der Waals surface area contributed by atoms with Gasteiger partial charge in [0.05, 0.1) is 12.2 Å². The zero-order valence-electron chi connectivity index (χ0n) is 9.48. The molecule has 2 aliphatic rings. The predicted octanol–water partition coefficient (Wildman–Crippen LogP) is -0.180. The number of hydrogen-bond acceptors (Lipinski definition) is 4. The molecule has 2 aliphatic heterocycles. The van der Waals surface area contributed by atoms with Crippen LogP contribution < -0.4 is 5.32 Å². The number of β-amino-alcohol motifs (C(OH)–C–C–N with tert-alkyl or cyclic N) is 1. The molecule has 3 unspecified atom stereocenters. The number of aliphatic hydroxyl groups excluding tert-OH is 1. The third-order valence-electron chi connectivity index (χ3n) is 3.49. The number of hydrogen-bond donors (Lipinski definition) is 2. The summed E-state index contributed by atoms with van der Waals surface area (Å²) in [7, 11) is 0. The molecule has 2 rings (SSSR count). The zero-order valence-corrected chi connectivity index (χ0v) is 9.48. The summed E-state index contributed by atoms with van der Waals surface area (Å²) in [4.78, 5) is 2.35. The van der Waals surface area contributed by atoms with E-state index in [1.54, 1.807) is 0 Å². The van der Waals surface area contributed by atoms with Crippen molar-refractivity contribution < 1.29 is 9.84 Å². The van der Waals surface area contributed by atoms with Gasteiger partial charge >= 0.3 is 0 Å². The van der Waals surface area contributed by atoms with Crippen molar-refractivity contribution in [3.05, 3.63) is 0 Å². The Bertz CT molecular complexity index is 195. The minimum atomic E-state index is -0.216. The first-order valence-corrected chi connectivity index (χ1v) is 6.05. The molecule has 15 heavy (non-hydrogen) atoms. The fraction of sp³-hybridized carbons (Fsp3) is 1.00. The van der Waals surface area contributed by atoms with Crippen LogP contribution in [0, 0.1) is 0 Å². The van der Waals surface area contributed by atoms with Crippen LogP contribution in [-0.2, 0) is 4.74 Å². The van der Waals surface area contributed by atoms with Crippen molar-refractivity contribution in [3.8, 4) is 0 Å². The second-order valence-electron chi connectivity index (χ2n) is 4.52. The van der Waals surface area contributed by atoms with Crippen LogP contribution in [0.3, 0.4) is 0 Å². The predicted molar refractivity (Wildman–Crippen MR) is 58.9 cm³/mol. The first-order valence-electron chi connectivity index (χ1n) is 6.05. The summed E-state index contributed by atoms with van der Waals surface area (Å²) in [6.45, 7) is 6.66. The molecule has 0 bridgehead atoms. The Morgan fingerprint density at radius 3 is 2.87 bits per heavy atom. The van der Waals surface area contributed by atoms with Crippen molar-refractivity contribution in [1.82, 2.24) is 10.2 Å². The molecule has 2 saturated heterocycles. The van der Waals surface area contributed by atoms with E-state index in [0.717, 1.165) is 32.8 Å². The maximum atomic E-state index is 9.82. The molecule has 0 aliphatic carbocycles. The quantitative estimate of drug-likeness (QED) is 0.681. The lowest BCUT2D eigenvalue weighted by atomic mass is 10.1. The third-order valence-corrected chi connectivity index (χ3v) is 3.49. The summed E-state index contributed by atoms with van der Waals surface area (Å²) in [6.07, 6.45) is 2.53. The molecule has 4 nitrogen and oxygen atoms in total. The Balaban J connectivity index is 1.85. The van der Waals surface area contributed by atoms with Gasteiger partial charge in [0.25, 0.3) is 0 Å². The van der Waals surface area contributed by atoms with Crippen LogP contribution in [0.5, 0.6) is 0 Å². The van der Waals surface area contributed by atoms with E-state index in [2.05, 4.69) is 17.1 Å². The summed E-state index contributed by atoms with van der Waals surface area (Å²) in [5, 5.41) is 13.0. The molecule has 2 fully saturated rings.